The van der Waals surface area contributed by atoms with Crippen LogP contribution in [0.1, 0.15) is 0 Å². The maximum Gasteiger partial charge on any atom is 0.295 e. The zero-order valence-electron chi connectivity index (χ0n) is 13.2. The van der Waals surface area contributed by atoms with E-state index in [4.69, 9.17) is 4.74 Å². The number of anilines is 2. The predicted octanol–water partition coefficient (Wildman–Crippen LogP) is 3.17. The van der Waals surface area contributed by atoms with Gasteiger partial charge >= 0.3 is 0 Å². The van der Waals surface area contributed by atoms with Crippen molar-refractivity contribution in [1.82, 2.24) is 0 Å². The first-order valence-corrected chi connectivity index (χ1v) is 7.16. The lowest BCUT2D eigenvalue weighted by Crippen LogP contribution is -2.14. The Kier molecular flexibility index (Phi) is 5.66. The Bertz CT molecular complexity index is 782. The summed E-state index contributed by atoms with van der Waals surface area (Å²) in [6.07, 6.45) is 0. The molecule has 0 atom stereocenters. The molecule has 10 heteroatoms. The Labute approximate surface area is 141 Å². The highest BCUT2D eigenvalue weighted by molar-refractivity contribution is 5.64. The number of halogens is 1. The summed E-state index contributed by atoms with van der Waals surface area (Å²) in [6, 6.07) is 7.87. The van der Waals surface area contributed by atoms with Crippen molar-refractivity contribution in [3.63, 3.8) is 0 Å². The lowest BCUT2D eigenvalue weighted by molar-refractivity contribution is -0.384. The molecule has 132 valence electrons. The summed E-state index contributed by atoms with van der Waals surface area (Å²) in [4.78, 5) is 20.4. The Morgan fingerprint density at radius 1 is 1.04 bits per heavy atom. The van der Waals surface area contributed by atoms with Gasteiger partial charge in [-0.05, 0) is 12.1 Å². The van der Waals surface area contributed by atoms with Gasteiger partial charge in [0.1, 0.15) is 5.69 Å². The lowest BCUT2D eigenvalue weighted by atomic mass is 10.2. The quantitative estimate of drug-likeness (QED) is 0.426. The van der Waals surface area contributed by atoms with Gasteiger partial charge in [0.25, 0.3) is 11.4 Å². The molecule has 0 bridgehead atoms. The Balaban J connectivity index is 1.97. The minimum Gasteiger partial charge on any atom is -0.494 e. The Hall–Kier alpha value is -3.43. The van der Waals surface area contributed by atoms with Crippen LogP contribution in [0.5, 0.6) is 5.75 Å². The number of ether oxygens (including phenoxy) is 1. The highest BCUT2D eigenvalue weighted by Gasteiger charge is 2.18. The zero-order chi connectivity index (χ0) is 18.4. The van der Waals surface area contributed by atoms with Gasteiger partial charge in [-0.2, -0.15) is 0 Å². The van der Waals surface area contributed by atoms with Crippen molar-refractivity contribution < 1.29 is 19.0 Å². The van der Waals surface area contributed by atoms with Gasteiger partial charge in [-0.15, -0.1) is 0 Å². The fourth-order valence-corrected chi connectivity index (χ4v) is 2.10. The molecule has 0 unspecified atom stereocenters. The molecule has 0 aliphatic heterocycles. The number of rotatable bonds is 8. The van der Waals surface area contributed by atoms with Crippen molar-refractivity contribution in [2.24, 2.45) is 0 Å². The summed E-state index contributed by atoms with van der Waals surface area (Å²) in [5.41, 5.74) is 0.388. The van der Waals surface area contributed by atoms with E-state index in [1.807, 2.05) is 0 Å². The molecule has 0 radical (unpaired) electrons. The van der Waals surface area contributed by atoms with Gasteiger partial charge in [0.05, 0.1) is 23.0 Å². The third kappa shape index (κ3) is 4.53. The van der Waals surface area contributed by atoms with E-state index in [0.717, 1.165) is 6.07 Å². The van der Waals surface area contributed by atoms with Gasteiger partial charge in [0.2, 0.25) is 0 Å². The van der Waals surface area contributed by atoms with Gasteiger partial charge < -0.3 is 15.4 Å². The molecule has 0 amide bonds. The first-order valence-electron chi connectivity index (χ1n) is 7.16. The summed E-state index contributed by atoms with van der Waals surface area (Å²) >= 11 is 0. The molecular weight excluding hydrogens is 335 g/mol. The van der Waals surface area contributed by atoms with Crippen LogP contribution in [-0.4, -0.2) is 30.0 Å². The predicted molar refractivity (Wildman–Crippen MR) is 89.7 cm³/mol. The fraction of sp³-hybridized carbons (Fsp3) is 0.200. The zero-order valence-corrected chi connectivity index (χ0v) is 13.2. The van der Waals surface area contributed by atoms with Crippen molar-refractivity contribution in [2.45, 2.75) is 0 Å². The third-order valence-electron chi connectivity index (χ3n) is 3.31. The number of nitrogens with zero attached hydrogens (tertiary/aromatic N) is 2. The monoisotopic (exact) mass is 350 g/mol. The molecule has 0 saturated carbocycles. The number of hydrogen-bond donors (Lipinski definition) is 2. The third-order valence-corrected chi connectivity index (χ3v) is 3.31. The Morgan fingerprint density at radius 2 is 1.68 bits per heavy atom. The van der Waals surface area contributed by atoms with Crippen LogP contribution in [0.2, 0.25) is 0 Å². The maximum atomic E-state index is 13.6. The average Bonchev–Trinajstić information content (AvgIpc) is 2.59. The normalized spacial score (nSPS) is 10.2. The van der Waals surface area contributed by atoms with Crippen LogP contribution in [0.25, 0.3) is 0 Å². The van der Waals surface area contributed by atoms with Gasteiger partial charge in [-0.1, -0.05) is 0 Å². The second-order valence-corrected chi connectivity index (χ2v) is 4.92. The number of benzene rings is 2. The van der Waals surface area contributed by atoms with Crippen molar-refractivity contribution in [2.75, 3.05) is 30.8 Å². The van der Waals surface area contributed by atoms with Crippen molar-refractivity contribution in [3.05, 3.63) is 62.4 Å². The molecule has 2 aromatic rings. The van der Waals surface area contributed by atoms with Crippen molar-refractivity contribution in [1.29, 1.82) is 0 Å². The number of non-ortho nitro benzene ring substituents is 1. The average molecular weight is 350 g/mol. The molecule has 0 spiro atoms. The number of nitro benzene ring substituents is 2. The van der Waals surface area contributed by atoms with E-state index in [0.29, 0.717) is 18.8 Å². The van der Waals surface area contributed by atoms with Crippen LogP contribution in [0.3, 0.4) is 0 Å². The van der Waals surface area contributed by atoms with E-state index >= 15 is 0 Å². The molecule has 0 aromatic heterocycles. The molecule has 0 heterocycles. The standard InChI is InChI=1S/C15H15FN4O5/c1-25-15-9-13(14(20(23)24)8-12(15)16)18-7-6-17-10-2-4-11(5-3-10)19(21)22/h2-5,8-9,17-18H,6-7H2,1H3. The lowest BCUT2D eigenvalue weighted by Gasteiger charge is -2.11. The second-order valence-electron chi connectivity index (χ2n) is 4.92. The van der Waals surface area contributed by atoms with Gasteiger partial charge in [0.15, 0.2) is 11.6 Å². The molecule has 0 aliphatic rings. The molecule has 25 heavy (non-hydrogen) atoms. The summed E-state index contributed by atoms with van der Waals surface area (Å²) < 4.78 is 18.4. The summed E-state index contributed by atoms with van der Waals surface area (Å²) in [6.45, 7) is 0.682. The number of hydrogen-bond acceptors (Lipinski definition) is 7. The van der Waals surface area contributed by atoms with E-state index in [-0.39, 0.29) is 17.1 Å². The summed E-state index contributed by atoms with van der Waals surface area (Å²) in [7, 11) is 1.27. The molecule has 0 aliphatic carbocycles. The van der Waals surface area contributed by atoms with Crippen LogP contribution >= 0.6 is 0 Å². The van der Waals surface area contributed by atoms with E-state index in [1.165, 1.54) is 25.3 Å². The van der Waals surface area contributed by atoms with E-state index < -0.39 is 21.4 Å². The first-order chi connectivity index (χ1) is 11.9. The van der Waals surface area contributed by atoms with Crippen LogP contribution in [-0.2, 0) is 0 Å². The molecule has 0 fully saturated rings. The van der Waals surface area contributed by atoms with Gasteiger partial charge in [0, 0.05) is 37.0 Å². The molecular formula is C15H15FN4O5. The summed E-state index contributed by atoms with van der Waals surface area (Å²) in [5, 5.41) is 27.4. The van der Waals surface area contributed by atoms with Crippen molar-refractivity contribution in [3.8, 4) is 5.75 Å². The largest absolute Gasteiger partial charge is 0.494 e. The minimum absolute atomic E-state index is 0.0160. The molecule has 9 nitrogen and oxygen atoms in total. The van der Waals surface area contributed by atoms with Crippen molar-refractivity contribution >= 4 is 22.7 Å². The SMILES string of the molecule is COc1cc(NCCNc2ccc([N+](=O)[O-])cc2)c([N+](=O)[O-])cc1F. The first kappa shape index (κ1) is 17.9. The van der Waals surface area contributed by atoms with Crippen LogP contribution in [0.15, 0.2) is 36.4 Å². The fourth-order valence-electron chi connectivity index (χ4n) is 2.10. The highest BCUT2D eigenvalue weighted by Crippen LogP contribution is 2.31. The second kappa shape index (κ2) is 7.90. The van der Waals surface area contributed by atoms with E-state index in [9.17, 15) is 24.6 Å². The molecule has 2 aromatic carbocycles. The molecule has 2 N–H and O–H groups in total. The smallest absolute Gasteiger partial charge is 0.295 e. The van der Waals surface area contributed by atoms with E-state index in [1.54, 1.807) is 12.1 Å². The van der Waals surface area contributed by atoms with Crippen LogP contribution in [0.4, 0.5) is 27.1 Å². The number of nitrogens with one attached hydrogen (secondary N) is 2. The topological polar surface area (TPSA) is 120 Å². The number of nitro groups is 2. The summed E-state index contributed by atoms with van der Waals surface area (Å²) in [5.74, 6) is -0.916. The van der Waals surface area contributed by atoms with E-state index in [2.05, 4.69) is 10.6 Å². The maximum absolute atomic E-state index is 13.6. The highest BCUT2D eigenvalue weighted by atomic mass is 19.1. The van der Waals surface area contributed by atoms with Crippen LogP contribution in [0, 0.1) is 26.0 Å². The van der Waals surface area contributed by atoms with Gasteiger partial charge in [-0.3, -0.25) is 20.2 Å². The molecule has 0 saturated heterocycles. The minimum atomic E-state index is -0.816. The van der Waals surface area contributed by atoms with Gasteiger partial charge in [-0.25, -0.2) is 4.39 Å². The number of methoxy groups -OCH3 is 1. The van der Waals surface area contributed by atoms with Crippen LogP contribution < -0.4 is 15.4 Å². The molecule has 2 rings (SSSR count). The Morgan fingerprint density at radius 3 is 2.24 bits per heavy atom.